The van der Waals surface area contributed by atoms with Gasteiger partial charge in [-0.2, -0.15) is 0 Å². The number of imide groups is 1. The molecule has 90 valence electrons. The van der Waals surface area contributed by atoms with Crippen LogP contribution in [0.3, 0.4) is 0 Å². The van der Waals surface area contributed by atoms with Gasteiger partial charge in [0.15, 0.2) is 0 Å². The van der Waals surface area contributed by atoms with E-state index in [0.717, 1.165) is 11.8 Å². The van der Waals surface area contributed by atoms with Crippen LogP contribution in [0.1, 0.15) is 0 Å². The monoisotopic (exact) mass is 251 g/mol. The average Bonchev–Trinajstić information content (AvgIpc) is 2.47. The van der Waals surface area contributed by atoms with E-state index in [1.54, 1.807) is 0 Å². The third kappa shape index (κ3) is 10.2. The molecule has 0 unspecified atom stereocenters. The van der Waals surface area contributed by atoms with Crippen molar-refractivity contribution in [2.45, 2.75) is 0 Å². The van der Waals surface area contributed by atoms with Crippen LogP contribution in [0.15, 0.2) is 12.2 Å². The standard InChI is InChI=1S/C4H4O4.C3H3NO2S.H2O/c5-3(6)1-2-4(7)8;5-2-1-7-3(6)4-2;/h1-2H,(H,5,6)(H,7,8);1H2,(H,4,5,6);1H2/b2-1-;;. The number of aliphatic carboxylic acids is 2. The number of carbonyl (C=O) groups excluding carboxylic acids is 2. The number of nitrogens with one attached hydrogen (secondary N) is 1. The van der Waals surface area contributed by atoms with Crippen LogP contribution in [-0.4, -0.2) is 44.5 Å². The summed E-state index contributed by atoms with van der Waals surface area (Å²) >= 11 is 1.01. The molecule has 0 radical (unpaired) electrons. The Labute approximate surface area is 93.6 Å². The quantitative estimate of drug-likeness (QED) is 0.524. The minimum absolute atomic E-state index is 0. The fourth-order valence-corrected chi connectivity index (χ4v) is 0.980. The highest BCUT2D eigenvalue weighted by atomic mass is 32.2. The van der Waals surface area contributed by atoms with E-state index < -0.39 is 11.9 Å². The Bertz CT molecular complexity index is 295. The molecule has 0 aromatic heterocycles. The van der Waals surface area contributed by atoms with Gasteiger partial charge in [0.1, 0.15) is 0 Å². The fraction of sp³-hybridized carbons (Fsp3) is 0.143. The predicted octanol–water partition coefficient (Wildman–Crippen LogP) is -1.14. The number of carboxylic acids is 2. The topological polar surface area (TPSA) is 152 Å². The lowest BCUT2D eigenvalue weighted by Gasteiger charge is -1.77. The molecule has 0 saturated carbocycles. The van der Waals surface area contributed by atoms with Crippen LogP contribution in [-0.2, 0) is 14.4 Å². The van der Waals surface area contributed by atoms with E-state index in [2.05, 4.69) is 5.32 Å². The van der Waals surface area contributed by atoms with Crippen molar-refractivity contribution in [3.8, 4) is 0 Å². The third-order valence-corrected chi connectivity index (χ3v) is 1.72. The van der Waals surface area contributed by atoms with Gasteiger partial charge in [0.05, 0.1) is 5.75 Å². The molecule has 0 aromatic rings. The van der Waals surface area contributed by atoms with E-state index in [1.165, 1.54) is 0 Å². The highest BCUT2D eigenvalue weighted by Crippen LogP contribution is 2.06. The summed E-state index contributed by atoms with van der Waals surface area (Å²) in [6, 6.07) is 0. The molecule has 1 aliphatic heterocycles. The minimum atomic E-state index is -1.26. The first-order valence-corrected chi connectivity index (χ1v) is 4.51. The lowest BCUT2D eigenvalue weighted by atomic mass is 10.5. The fourth-order valence-electron chi connectivity index (χ4n) is 0.460. The summed E-state index contributed by atoms with van der Waals surface area (Å²) in [7, 11) is 0. The van der Waals surface area contributed by atoms with Crippen molar-refractivity contribution in [1.82, 2.24) is 5.32 Å². The molecule has 0 aliphatic carbocycles. The van der Waals surface area contributed by atoms with Crippen LogP contribution in [0.4, 0.5) is 4.79 Å². The van der Waals surface area contributed by atoms with Gasteiger partial charge >= 0.3 is 11.9 Å². The normalized spacial score (nSPS) is 13.5. The molecule has 0 atom stereocenters. The Hall–Kier alpha value is -1.87. The number of carboxylic acid groups (broad SMARTS) is 2. The predicted molar refractivity (Wildman–Crippen MR) is 54.0 cm³/mol. The van der Waals surface area contributed by atoms with E-state index >= 15 is 0 Å². The summed E-state index contributed by atoms with van der Waals surface area (Å²) in [6.45, 7) is 0. The van der Waals surface area contributed by atoms with Gasteiger partial charge in [-0.15, -0.1) is 0 Å². The molecule has 1 aliphatic rings. The lowest BCUT2D eigenvalue weighted by molar-refractivity contribution is -0.134. The first-order chi connectivity index (χ1) is 6.91. The third-order valence-electron chi connectivity index (χ3n) is 0.944. The summed E-state index contributed by atoms with van der Waals surface area (Å²) in [5.74, 6) is -2.41. The Morgan fingerprint density at radius 2 is 1.62 bits per heavy atom. The molecule has 0 bridgehead atoms. The van der Waals surface area contributed by atoms with Crippen molar-refractivity contribution in [2.24, 2.45) is 0 Å². The zero-order chi connectivity index (χ0) is 11.8. The number of amides is 2. The van der Waals surface area contributed by atoms with Crippen molar-refractivity contribution < 1.29 is 34.9 Å². The second-order valence-electron chi connectivity index (χ2n) is 2.13. The molecule has 9 heteroatoms. The first-order valence-electron chi connectivity index (χ1n) is 3.52. The molecule has 1 rings (SSSR count). The largest absolute Gasteiger partial charge is 0.478 e. The molecule has 8 nitrogen and oxygen atoms in total. The zero-order valence-corrected chi connectivity index (χ0v) is 8.61. The Kier molecular flexibility index (Phi) is 8.73. The van der Waals surface area contributed by atoms with Crippen molar-refractivity contribution in [2.75, 3.05) is 5.75 Å². The number of rotatable bonds is 2. The smallest absolute Gasteiger partial charge is 0.328 e. The maximum Gasteiger partial charge on any atom is 0.328 e. The first kappa shape index (κ1) is 16.6. The van der Waals surface area contributed by atoms with Crippen LogP contribution >= 0.6 is 11.8 Å². The summed E-state index contributed by atoms with van der Waals surface area (Å²) in [5.41, 5.74) is 0. The Balaban J connectivity index is 0. The van der Waals surface area contributed by atoms with Gasteiger partial charge in [-0.3, -0.25) is 14.9 Å². The minimum Gasteiger partial charge on any atom is -0.478 e. The molecule has 5 N–H and O–H groups in total. The number of thioether (sulfide) groups is 1. The van der Waals surface area contributed by atoms with Gasteiger partial charge in [0, 0.05) is 12.2 Å². The molecule has 0 spiro atoms. The van der Waals surface area contributed by atoms with Crippen LogP contribution in [0, 0.1) is 0 Å². The number of carbonyl (C=O) groups is 4. The molecule has 2 amide bonds. The molecule has 1 heterocycles. The Morgan fingerprint density at radius 1 is 1.19 bits per heavy atom. The Morgan fingerprint density at radius 3 is 1.75 bits per heavy atom. The van der Waals surface area contributed by atoms with Crippen molar-refractivity contribution >= 4 is 34.8 Å². The van der Waals surface area contributed by atoms with E-state index in [4.69, 9.17) is 10.2 Å². The summed E-state index contributed by atoms with van der Waals surface area (Å²) in [5, 5.41) is 17.5. The molecule has 1 fully saturated rings. The SMILES string of the molecule is O.O=C(O)/C=C\C(=O)O.O=C1CSC(=O)N1. The van der Waals surface area contributed by atoms with Gasteiger partial charge in [-0.25, -0.2) is 9.59 Å². The van der Waals surface area contributed by atoms with Crippen LogP contribution in [0.2, 0.25) is 0 Å². The molecule has 0 aromatic carbocycles. The second kappa shape index (κ2) is 8.44. The van der Waals surface area contributed by atoms with Gasteiger partial charge < -0.3 is 15.7 Å². The van der Waals surface area contributed by atoms with E-state index in [-0.39, 0.29) is 16.6 Å². The number of hydrogen-bond donors (Lipinski definition) is 3. The van der Waals surface area contributed by atoms with Crippen molar-refractivity contribution in [1.29, 1.82) is 0 Å². The molecule has 16 heavy (non-hydrogen) atoms. The summed E-state index contributed by atoms with van der Waals surface area (Å²) < 4.78 is 0. The maximum atomic E-state index is 10.1. The highest BCUT2D eigenvalue weighted by molar-refractivity contribution is 8.14. The van der Waals surface area contributed by atoms with Crippen molar-refractivity contribution in [3.05, 3.63) is 12.2 Å². The van der Waals surface area contributed by atoms with Crippen LogP contribution < -0.4 is 5.32 Å². The molecular weight excluding hydrogens is 242 g/mol. The average molecular weight is 251 g/mol. The van der Waals surface area contributed by atoms with Crippen molar-refractivity contribution in [3.63, 3.8) is 0 Å². The van der Waals surface area contributed by atoms with Crippen LogP contribution in [0.5, 0.6) is 0 Å². The highest BCUT2D eigenvalue weighted by Gasteiger charge is 2.16. The zero-order valence-electron chi connectivity index (χ0n) is 7.80. The molecule has 1 saturated heterocycles. The van der Waals surface area contributed by atoms with Gasteiger partial charge in [-0.05, 0) is 0 Å². The van der Waals surface area contributed by atoms with Crippen LogP contribution in [0.25, 0.3) is 0 Å². The van der Waals surface area contributed by atoms with E-state index in [1.807, 2.05) is 0 Å². The molecular formula is C7H9NO7S. The maximum absolute atomic E-state index is 10.1. The second-order valence-corrected chi connectivity index (χ2v) is 3.08. The lowest BCUT2D eigenvalue weighted by Crippen LogP contribution is -2.18. The van der Waals surface area contributed by atoms with Gasteiger partial charge in [-0.1, -0.05) is 11.8 Å². The number of hydrogen-bond acceptors (Lipinski definition) is 5. The van der Waals surface area contributed by atoms with Gasteiger partial charge in [0.2, 0.25) is 5.91 Å². The summed E-state index contributed by atoms with van der Waals surface area (Å²) in [4.78, 5) is 39.3. The van der Waals surface area contributed by atoms with Gasteiger partial charge in [0.25, 0.3) is 5.24 Å². The van der Waals surface area contributed by atoms with E-state index in [9.17, 15) is 19.2 Å². The summed E-state index contributed by atoms with van der Waals surface area (Å²) in [6.07, 6.45) is 1.12. The van der Waals surface area contributed by atoms with E-state index in [0.29, 0.717) is 17.9 Å².